The van der Waals surface area contributed by atoms with Gasteiger partial charge in [0.1, 0.15) is 45.4 Å². The van der Waals surface area contributed by atoms with E-state index >= 15 is 0 Å². The number of carbonyl (C=O) groups excluding carboxylic acids is 2. The number of methoxy groups -OCH3 is 2. The van der Waals surface area contributed by atoms with Gasteiger partial charge in [0.15, 0.2) is 0 Å². The van der Waals surface area contributed by atoms with E-state index < -0.39 is 29.0 Å². The van der Waals surface area contributed by atoms with Gasteiger partial charge in [-0.05, 0) is 65.8 Å². The first kappa shape index (κ1) is 29.7. The van der Waals surface area contributed by atoms with Crippen LogP contribution in [0.2, 0.25) is 0 Å². The van der Waals surface area contributed by atoms with Crippen LogP contribution < -0.4 is 9.47 Å². The third kappa shape index (κ3) is 9.13. The van der Waals surface area contributed by atoms with Crippen molar-refractivity contribution in [3.05, 3.63) is 50.2 Å². The molecule has 2 aromatic carbocycles. The summed E-state index contributed by atoms with van der Waals surface area (Å²) in [4.78, 5) is 23.7. The van der Waals surface area contributed by atoms with Crippen molar-refractivity contribution in [3.8, 4) is 17.2 Å². The van der Waals surface area contributed by atoms with Gasteiger partial charge < -0.3 is 24.1 Å². The Bertz CT molecular complexity index is 958. The zero-order valence-corrected chi connectivity index (χ0v) is 23.5. The SMILES string of the molecule is COc1cc(Br)cc(F)c1C(=O)OC(C)(C)C.COc1cc(Br)cc(O)c1C(=O)OC(C)(C)C. The summed E-state index contributed by atoms with van der Waals surface area (Å²) in [5, 5.41) is 9.76. The van der Waals surface area contributed by atoms with Crippen LogP contribution in [0.5, 0.6) is 17.2 Å². The van der Waals surface area contributed by atoms with Crippen LogP contribution in [0.15, 0.2) is 33.2 Å². The molecule has 0 heterocycles. The first-order valence-electron chi connectivity index (χ1n) is 10.0. The lowest BCUT2D eigenvalue weighted by Crippen LogP contribution is -2.24. The average Bonchev–Trinajstić information content (AvgIpc) is 2.63. The summed E-state index contributed by atoms with van der Waals surface area (Å²) in [6.45, 7) is 10.4. The zero-order valence-electron chi connectivity index (χ0n) is 20.3. The first-order chi connectivity index (χ1) is 15.5. The van der Waals surface area contributed by atoms with Crippen LogP contribution >= 0.6 is 31.9 Å². The number of hydrogen-bond acceptors (Lipinski definition) is 7. The van der Waals surface area contributed by atoms with Crippen molar-refractivity contribution in [2.45, 2.75) is 52.7 Å². The van der Waals surface area contributed by atoms with Crippen LogP contribution in [0, 0.1) is 5.82 Å². The quantitative estimate of drug-likeness (QED) is 0.388. The Balaban J connectivity index is 0.000000340. The van der Waals surface area contributed by atoms with Crippen molar-refractivity contribution in [1.29, 1.82) is 0 Å². The molecule has 0 aliphatic carbocycles. The molecule has 0 amide bonds. The lowest BCUT2D eigenvalue weighted by atomic mass is 10.1. The molecule has 0 saturated heterocycles. The number of rotatable bonds is 4. The molecule has 0 aromatic heterocycles. The summed E-state index contributed by atoms with van der Waals surface area (Å²) in [5.41, 5.74) is -1.46. The van der Waals surface area contributed by atoms with E-state index in [1.807, 2.05) is 0 Å². The Morgan fingerprint density at radius 3 is 1.56 bits per heavy atom. The number of aromatic hydroxyl groups is 1. The first-order valence-corrected chi connectivity index (χ1v) is 11.6. The highest BCUT2D eigenvalue weighted by Crippen LogP contribution is 2.33. The molecule has 0 aliphatic rings. The van der Waals surface area contributed by atoms with Crippen LogP contribution in [0.1, 0.15) is 62.3 Å². The molecule has 0 unspecified atom stereocenters. The molecule has 0 radical (unpaired) electrons. The molecule has 0 atom stereocenters. The second-order valence-corrected chi connectivity index (χ2v) is 10.8. The summed E-state index contributed by atoms with van der Waals surface area (Å²) in [6.07, 6.45) is 0. The largest absolute Gasteiger partial charge is 0.507 e. The van der Waals surface area contributed by atoms with Gasteiger partial charge in [-0.2, -0.15) is 0 Å². The maximum Gasteiger partial charge on any atom is 0.346 e. The standard InChI is InChI=1S/C12H14BrFO3.C12H15BrO4/c2*1-12(2,3)17-11(15)10-8(14)5-7(13)6-9(10)16-4/h5-6H,1-4H3;5-6,14H,1-4H3. The van der Waals surface area contributed by atoms with Gasteiger partial charge in [0, 0.05) is 8.95 Å². The number of phenolic OH excluding ortho intramolecular Hbond substituents is 1. The topological polar surface area (TPSA) is 91.3 Å². The molecule has 0 aliphatic heterocycles. The Kier molecular flexibility index (Phi) is 10.4. The van der Waals surface area contributed by atoms with Gasteiger partial charge >= 0.3 is 11.9 Å². The van der Waals surface area contributed by atoms with Gasteiger partial charge in [0.2, 0.25) is 0 Å². The van der Waals surface area contributed by atoms with Crippen molar-refractivity contribution < 1.29 is 38.0 Å². The van der Waals surface area contributed by atoms with Gasteiger partial charge in [-0.15, -0.1) is 0 Å². The second-order valence-electron chi connectivity index (χ2n) is 8.97. The maximum absolute atomic E-state index is 13.7. The fourth-order valence-electron chi connectivity index (χ4n) is 2.50. The number of hydrogen-bond donors (Lipinski definition) is 1. The molecule has 7 nitrogen and oxygen atoms in total. The molecule has 0 fully saturated rings. The van der Waals surface area contributed by atoms with Crippen LogP contribution in [-0.2, 0) is 9.47 Å². The molecule has 2 rings (SSSR count). The fraction of sp³-hybridized carbons (Fsp3) is 0.417. The highest BCUT2D eigenvalue weighted by atomic mass is 79.9. The summed E-state index contributed by atoms with van der Waals surface area (Å²) in [6, 6.07) is 5.73. The van der Waals surface area contributed by atoms with Gasteiger partial charge in [-0.25, -0.2) is 14.0 Å². The molecule has 0 spiro atoms. The summed E-state index contributed by atoms with van der Waals surface area (Å²) < 4.78 is 35.2. The van der Waals surface area contributed by atoms with Gasteiger partial charge in [0.05, 0.1) is 14.2 Å². The van der Waals surface area contributed by atoms with E-state index in [1.165, 1.54) is 32.4 Å². The van der Waals surface area contributed by atoms with Gasteiger partial charge in [-0.3, -0.25) is 0 Å². The fourth-order valence-corrected chi connectivity index (χ4v) is 3.34. The van der Waals surface area contributed by atoms with E-state index in [0.717, 1.165) is 0 Å². The summed E-state index contributed by atoms with van der Waals surface area (Å²) in [5.74, 6) is -1.79. The van der Waals surface area contributed by atoms with Crippen LogP contribution in [0.4, 0.5) is 4.39 Å². The lowest BCUT2D eigenvalue weighted by molar-refractivity contribution is 0.00491. The second kappa shape index (κ2) is 11.9. The molecule has 188 valence electrons. The van der Waals surface area contributed by atoms with Crippen LogP contribution in [-0.4, -0.2) is 42.5 Å². The molecule has 2 aromatic rings. The smallest absolute Gasteiger partial charge is 0.346 e. The number of halogens is 3. The molecule has 0 saturated carbocycles. The van der Waals surface area contributed by atoms with E-state index in [1.54, 1.807) is 47.6 Å². The predicted octanol–water partition coefficient (Wildman–Crippen LogP) is 6.67. The normalized spacial score (nSPS) is 11.1. The molecule has 34 heavy (non-hydrogen) atoms. The Hall–Kier alpha value is -2.33. The Morgan fingerprint density at radius 1 is 0.765 bits per heavy atom. The number of esters is 2. The van der Waals surface area contributed by atoms with Crippen molar-refractivity contribution >= 4 is 43.8 Å². The lowest BCUT2D eigenvalue weighted by Gasteiger charge is -2.20. The van der Waals surface area contributed by atoms with Gasteiger partial charge in [0.25, 0.3) is 0 Å². The zero-order chi connectivity index (χ0) is 26.4. The van der Waals surface area contributed by atoms with E-state index in [2.05, 4.69) is 31.9 Å². The minimum Gasteiger partial charge on any atom is -0.507 e. The molecular weight excluding hydrogens is 579 g/mol. The van der Waals surface area contributed by atoms with Crippen LogP contribution in [0.3, 0.4) is 0 Å². The molecular formula is C24H29Br2FO7. The maximum atomic E-state index is 13.7. The number of carbonyl (C=O) groups is 2. The molecule has 0 bridgehead atoms. The Labute approximate surface area is 215 Å². The number of benzene rings is 2. The molecule has 10 heteroatoms. The third-order valence-electron chi connectivity index (χ3n) is 3.71. The van der Waals surface area contributed by atoms with Crippen molar-refractivity contribution in [2.75, 3.05) is 14.2 Å². The summed E-state index contributed by atoms with van der Waals surface area (Å²) in [7, 11) is 2.80. The monoisotopic (exact) mass is 606 g/mol. The minimum atomic E-state index is -0.737. The third-order valence-corrected chi connectivity index (χ3v) is 4.63. The highest BCUT2D eigenvalue weighted by Gasteiger charge is 2.26. The van der Waals surface area contributed by atoms with E-state index in [0.29, 0.717) is 8.95 Å². The summed E-state index contributed by atoms with van der Waals surface area (Å²) >= 11 is 6.33. The number of ether oxygens (including phenoxy) is 4. The van der Waals surface area contributed by atoms with Crippen molar-refractivity contribution in [3.63, 3.8) is 0 Å². The van der Waals surface area contributed by atoms with E-state index in [4.69, 9.17) is 18.9 Å². The minimum absolute atomic E-state index is 0.0330. The Morgan fingerprint density at radius 2 is 1.15 bits per heavy atom. The average molecular weight is 608 g/mol. The predicted molar refractivity (Wildman–Crippen MR) is 133 cm³/mol. The van der Waals surface area contributed by atoms with E-state index in [9.17, 15) is 19.1 Å². The van der Waals surface area contributed by atoms with E-state index in [-0.39, 0.29) is 28.4 Å². The van der Waals surface area contributed by atoms with Crippen molar-refractivity contribution in [2.24, 2.45) is 0 Å². The van der Waals surface area contributed by atoms with Gasteiger partial charge in [-0.1, -0.05) is 31.9 Å². The van der Waals surface area contributed by atoms with Crippen LogP contribution in [0.25, 0.3) is 0 Å². The molecule has 1 N–H and O–H groups in total. The highest BCUT2D eigenvalue weighted by molar-refractivity contribution is 9.10. The van der Waals surface area contributed by atoms with Crippen molar-refractivity contribution in [1.82, 2.24) is 0 Å². The number of phenols is 1.